The molecule has 0 saturated carbocycles. The van der Waals surface area contributed by atoms with E-state index in [1.807, 2.05) is 27.0 Å². The van der Waals surface area contributed by atoms with Crippen LogP contribution in [-0.4, -0.2) is 6.04 Å². The van der Waals surface area contributed by atoms with Gasteiger partial charge in [-0.2, -0.15) is 0 Å². The molecule has 1 rings (SSSR count). The molecule has 0 radical (unpaired) electrons. The zero-order chi connectivity index (χ0) is 11.1. The minimum Gasteiger partial charge on any atom is -0.328 e. The molecule has 2 N–H and O–H groups in total. The van der Waals surface area contributed by atoms with Gasteiger partial charge in [-0.15, -0.1) is 0 Å². The van der Waals surface area contributed by atoms with Crippen LogP contribution in [-0.2, 0) is 0 Å². The molecule has 0 aromatic heterocycles. The fourth-order valence-corrected chi connectivity index (χ4v) is 1.15. The second-order valence-corrected chi connectivity index (χ2v) is 2.90. The van der Waals surface area contributed by atoms with E-state index >= 15 is 0 Å². The summed E-state index contributed by atoms with van der Waals surface area (Å²) in [7, 11) is 0. The van der Waals surface area contributed by atoms with Crippen LogP contribution in [0.3, 0.4) is 0 Å². The molecule has 1 unspecified atom stereocenters. The van der Waals surface area contributed by atoms with E-state index in [9.17, 15) is 0 Å². The number of rotatable bonds is 3. The molecule has 14 heavy (non-hydrogen) atoms. The largest absolute Gasteiger partial charge is 0.328 e. The van der Waals surface area contributed by atoms with Crippen molar-refractivity contribution < 1.29 is 1.43 Å². The summed E-state index contributed by atoms with van der Waals surface area (Å²) in [6.45, 7) is 17.4. The lowest BCUT2D eigenvalue weighted by atomic mass is 9.97. The Morgan fingerprint density at radius 2 is 2.07 bits per heavy atom. The number of nitrogens with one attached hydrogen (secondary N) is 2. The van der Waals surface area contributed by atoms with Crippen molar-refractivity contribution >= 4 is 0 Å². The molecule has 0 spiro atoms. The van der Waals surface area contributed by atoms with E-state index in [-0.39, 0.29) is 7.47 Å². The predicted octanol–water partition coefficient (Wildman–Crippen LogP) is 2.94. The summed E-state index contributed by atoms with van der Waals surface area (Å²) < 4.78 is 0. The van der Waals surface area contributed by atoms with Crippen LogP contribution in [0, 0.1) is 0 Å². The Labute approximate surface area is 88.5 Å². The molecule has 0 bridgehead atoms. The third-order valence-electron chi connectivity index (χ3n) is 1.88. The average molecular weight is 194 g/mol. The molecule has 0 fully saturated rings. The Balaban J connectivity index is 0. The minimum atomic E-state index is 0. The van der Waals surface area contributed by atoms with Crippen LogP contribution in [0.4, 0.5) is 0 Å². The summed E-state index contributed by atoms with van der Waals surface area (Å²) >= 11 is 0. The van der Waals surface area contributed by atoms with Crippen LogP contribution in [0.15, 0.2) is 48.7 Å². The Kier molecular flexibility index (Phi) is 5.65. The van der Waals surface area contributed by atoms with Crippen LogP contribution in [0.1, 0.15) is 22.2 Å². The Bertz CT molecular complexity index is 267. The summed E-state index contributed by atoms with van der Waals surface area (Å²) in [4.78, 5) is 0. The van der Waals surface area contributed by atoms with Crippen molar-refractivity contribution in [3.63, 3.8) is 0 Å². The molecule has 1 aliphatic heterocycles. The van der Waals surface area contributed by atoms with Crippen LogP contribution < -0.4 is 10.9 Å². The maximum atomic E-state index is 3.89. The van der Waals surface area contributed by atoms with E-state index < -0.39 is 0 Å². The molecule has 0 aliphatic carbocycles. The van der Waals surface area contributed by atoms with Crippen LogP contribution >= 0.6 is 0 Å². The zero-order valence-electron chi connectivity index (χ0n) is 9.35. The van der Waals surface area contributed by atoms with Crippen molar-refractivity contribution in [3.05, 3.63) is 48.7 Å². The van der Waals surface area contributed by atoms with Crippen LogP contribution in [0.25, 0.3) is 0 Å². The molecule has 1 aliphatic rings. The molecule has 2 heteroatoms. The topological polar surface area (TPSA) is 24.1 Å². The Hall–Kier alpha value is -1.28. The summed E-state index contributed by atoms with van der Waals surface area (Å²) in [6.07, 6.45) is 3.64. The molecule has 0 aromatic carbocycles. The van der Waals surface area contributed by atoms with Crippen molar-refractivity contribution in [2.45, 2.75) is 26.8 Å². The van der Waals surface area contributed by atoms with Gasteiger partial charge in [0.25, 0.3) is 0 Å². The third-order valence-corrected chi connectivity index (χ3v) is 1.88. The number of hydrogen-bond donors (Lipinski definition) is 2. The number of allylic oxidation sites excluding steroid dienone is 1. The lowest BCUT2D eigenvalue weighted by Crippen LogP contribution is -2.32. The lowest BCUT2D eigenvalue weighted by Gasteiger charge is -2.14. The fourth-order valence-electron chi connectivity index (χ4n) is 1.15. The van der Waals surface area contributed by atoms with Crippen molar-refractivity contribution in [2.24, 2.45) is 0 Å². The highest BCUT2D eigenvalue weighted by Crippen LogP contribution is 2.20. The van der Waals surface area contributed by atoms with E-state index in [2.05, 4.69) is 30.6 Å². The van der Waals surface area contributed by atoms with Gasteiger partial charge in [-0.05, 0) is 18.1 Å². The van der Waals surface area contributed by atoms with Gasteiger partial charge < -0.3 is 5.43 Å². The van der Waals surface area contributed by atoms with Gasteiger partial charge in [0, 0.05) is 7.63 Å². The summed E-state index contributed by atoms with van der Waals surface area (Å²) in [5, 5.41) is 0. The molecule has 0 amide bonds. The lowest BCUT2D eigenvalue weighted by molar-refractivity contribution is 0.630. The fraction of sp³-hybridized carbons (Fsp3) is 0.333. The van der Waals surface area contributed by atoms with Gasteiger partial charge in [0.2, 0.25) is 0 Å². The second-order valence-electron chi connectivity index (χ2n) is 2.90. The van der Waals surface area contributed by atoms with E-state index in [0.29, 0.717) is 0 Å². The predicted molar refractivity (Wildman–Crippen MR) is 65.8 cm³/mol. The first kappa shape index (κ1) is 12.7. The standard InChI is InChI=1S/C10H14N2.C2H6.H2/c1-5-8(4)9-6-11-12-10(9)7(2)3;1-2;/h5-6,10-12H,1-2,4H2,3H3;1-2H3;1H. The molecule has 1 heterocycles. The average Bonchev–Trinajstić information content (AvgIpc) is 2.68. The first-order chi connectivity index (χ1) is 6.66. The maximum absolute atomic E-state index is 3.89. The first-order valence-electron chi connectivity index (χ1n) is 4.85. The van der Waals surface area contributed by atoms with Crippen LogP contribution in [0.5, 0.6) is 0 Å². The molecule has 0 aromatic rings. The smallest absolute Gasteiger partial charge is 0.0734 e. The first-order valence-corrected chi connectivity index (χ1v) is 4.85. The maximum Gasteiger partial charge on any atom is 0.0734 e. The quantitative estimate of drug-likeness (QED) is 0.533. The molecule has 2 nitrogen and oxygen atoms in total. The van der Waals surface area contributed by atoms with Gasteiger partial charge in [0.15, 0.2) is 0 Å². The summed E-state index contributed by atoms with van der Waals surface area (Å²) in [5.74, 6) is 0. The van der Waals surface area contributed by atoms with E-state index in [1.165, 1.54) is 0 Å². The summed E-state index contributed by atoms with van der Waals surface area (Å²) in [6, 6.07) is 0.162. The van der Waals surface area contributed by atoms with Crippen molar-refractivity contribution in [2.75, 3.05) is 0 Å². The highest BCUT2D eigenvalue weighted by Gasteiger charge is 2.19. The third kappa shape index (κ3) is 2.89. The van der Waals surface area contributed by atoms with Gasteiger partial charge in [0.05, 0.1) is 6.04 Å². The highest BCUT2D eigenvalue weighted by atomic mass is 15.4. The number of hydrazine groups is 1. The van der Waals surface area contributed by atoms with E-state index in [4.69, 9.17) is 0 Å². The zero-order valence-corrected chi connectivity index (χ0v) is 9.35. The molecule has 80 valence electrons. The molecule has 0 saturated heterocycles. The SMILES string of the molecule is C=CC(=C)C1=CNNC1C(=C)C.CC.[HH]. The van der Waals surface area contributed by atoms with Gasteiger partial charge >= 0.3 is 0 Å². The van der Waals surface area contributed by atoms with Gasteiger partial charge in [-0.3, -0.25) is 0 Å². The normalized spacial score (nSPS) is 18.5. The molecular weight excluding hydrogens is 172 g/mol. The van der Waals surface area contributed by atoms with Gasteiger partial charge in [0.1, 0.15) is 0 Å². The van der Waals surface area contributed by atoms with Crippen molar-refractivity contribution in [1.82, 2.24) is 10.9 Å². The summed E-state index contributed by atoms with van der Waals surface area (Å²) in [5.41, 5.74) is 9.11. The van der Waals surface area contributed by atoms with Gasteiger partial charge in [-0.25, -0.2) is 5.43 Å². The highest BCUT2D eigenvalue weighted by molar-refractivity contribution is 5.45. The molecule has 1 atom stereocenters. The minimum absolute atomic E-state index is 0. The van der Waals surface area contributed by atoms with Crippen molar-refractivity contribution in [1.29, 1.82) is 0 Å². The molecular formula is C12H22N2. The number of hydrogen-bond acceptors (Lipinski definition) is 2. The second kappa shape index (κ2) is 6.22. The van der Waals surface area contributed by atoms with E-state index in [1.54, 1.807) is 6.08 Å². The van der Waals surface area contributed by atoms with Gasteiger partial charge in [-0.1, -0.05) is 45.2 Å². The van der Waals surface area contributed by atoms with Crippen LogP contribution in [0.2, 0.25) is 0 Å². The van der Waals surface area contributed by atoms with E-state index in [0.717, 1.165) is 16.7 Å². The van der Waals surface area contributed by atoms with Crippen molar-refractivity contribution in [3.8, 4) is 0 Å². The monoisotopic (exact) mass is 194 g/mol. The Morgan fingerprint density at radius 1 is 1.50 bits per heavy atom. The Morgan fingerprint density at radius 3 is 2.50 bits per heavy atom.